The Morgan fingerprint density at radius 3 is 1.64 bits per heavy atom. The molecule has 0 aliphatic carbocycles. The van der Waals surface area contributed by atoms with Crippen molar-refractivity contribution in [2.45, 2.75) is 129 Å². The van der Waals surface area contributed by atoms with Gasteiger partial charge in [-0.1, -0.05) is 97.1 Å². The third kappa shape index (κ3) is 16.9. The van der Waals surface area contributed by atoms with Crippen molar-refractivity contribution in [3.8, 4) is 0 Å². The molecule has 0 amide bonds. The maximum atomic E-state index is 9.97. The molecule has 0 aliphatic heterocycles. The lowest BCUT2D eigenvalue weighted by atomic mass is 9.95. The number of aliphatic hydroxyl groups excluding tert-OH is 1. The summed E-state index contributed by atoms with van der Waals surface area (Å²) in [5.74, 6) is 0.365. The smallest absolute Gasteiger partial charge is 0.0693 e. The van der Waals surface area contributed by atoms with Gasteiger partial charge in [-0.2, -0.15) is 0 Å². The summed E-state index contributed by atoms with van der Waals surface area (Å²) in [6, 6.07) is -0.0665. The molecule has 0 fully saturated rings. The Balaban J connectivity index is 3.24. The lowest BCUT2D eigenvalue weighted by Crippen LogP contribution is -2.39. The molecule has 0 aromatic rings. The molecule has 0 heterocycles. The minimum Gasteiger partial charge on any atom is -0.392 e. The Labute approximate surface area is 158 Å². The fraction of sp³-hybridized carbons (Fsp3) is 0.913. The van der Waals surface area contributed by atoms with Crippen molar-refractivity contribution in [2.24, 2.45) is 11.7 Å². The fourth-order valence-electron chi connectivity index (χ4n) is 3.24. The van der Waals surface area contributed by atoms with Gasteiger partial charge in [0.15, 0.2) is 0 Å². The van der Waals surface area contributed by atoms with Gasteiger partial charge in [0.25, 0.3) is 0 Å². The predicted octanol–water partition coefficient (Wildman–Crippen LogP) is 6.76. The number of rotatable bonds is 18. The summed E-state index contributed by atoms with van der Waals surface area (Å²) in [5.41, 5.74) is 5.97. The molecule has 2 nitrogen and oxygen atoms in total. The summed E-state index contributed by atoms with van der Waals surface area (Å²) < 4.78 is 0. The van der Waals surface area contributed by atoms with Crippen molar-refractivity contribution in [3.05, 3.63) is 12.2 Å². The summed E-state index contributed by atoms with van der Waals surface area (Å²) in [6.07, 6.45) is 23.8. The van der Waals surface area contributed by atoms with Gasteiger partial charge in [-0.25, -0.2) is 0 Å². The molecular formula is C23H47NO. The van der Waals surface area contributed by atoms with E-state index >= 15 is 0 Å². The number of allylic oxidation sites excluding steroid dienone is 2. The number of nitrogens with two attached hydrogens (primary N) is 1. The highest BCUT2D eigenvalue weighted by atomic mass is 16.3. The third-order valence-electron chi connectivity index (χ3n) is 5.23. The monoisotopic (exact) mass is 353 g/mol. The Bertz CT molecular complexity index is 288. The molecule has 0 rings (SSSR count). The molecule has 25 heavy (non-hydrogen) atoms. The van der Waals surface area contributed by atoms with Crippen LogP contribution in [0.1, 0.15) is 117 Å². The normalized spacial score (nSPS) is 14.5. The van der Waals surface area contributed by atoms with E-state index in [2.05, 4.69) is 32.9 Å². The van der Waals surface area contributed by atoms with Crippen LogP contribution in [0, 0.1) is 5.92 Å². The van der Waals surface area contributed by atoms with Crippen LogP contribution >= 0.6 is 0 Å². The van der Waals surface area contributed by atoms with Gasteiger partial charge in [0.2, 0.25) is 0 Å². The molecule has 0 saturated carbocycles. The number of unbranched alkanes of at least 4 members (excludes halogenated alkanes) is 12. The van der Waals surface area contributed by atoms with E-state index in [4.69, 9.17) is 5.73 Å². The van der Waals surface area contributed by atoms with Gasteiger partial charge in [0.05, 0.1) is 6.10 Å². The van der Waals surface area contributed by atoms with E-state index in [0.717, 1.165) is 12.8 Å². The SMILES string of the molecule is CCCCCCCCC=CCCCCCCCCC(O)[C@@H](N)C(C)C. The first kappa shape index (κ1) is 24.7. The Hall–Kier alpha value is -0.340. The van der Waals surface area contributed by atoms with Crippen molar-refractivity contribution in [3.63, 3.8) is 0 Å². The number of hydrogen-bond acceptors (Lipinski definition) is 2. The van der Waals surface area contributed by atoms with Gasteiger partial charge in [0.1, 0.15) is 0 Å². The van der Waals surface area contributed by atoms with Gasteiger partial charge in [-0.3, -0.25) is 0 Å². The molecule has 0 radical (unpaired) electrons. The summed E-state index contributed by atoms with van der Waals surface area (Å²) in [5, 5.41) is 9.97. The summed E-state index contributed by atoms with van der Waals surface area (Å²) in [4.78, 5) is 0. The summed E-state index contributed by atoms with van der Waals surface area (Å²) in [7, 11) is 0. The van der Waals surface area contributed by atoms with Crippen LogP contribution in [0.15, 0.2) is 12.2 Å². The largest absolute Gasteiger partial charge is 0.392 e. The zero-order valence-electron chi connectivity index (χ0n) is 17.5. The molecule has 0 aromatic heterocycles. The molecular weight excluding hydrogens is 306 g/mol. The van der Waals surface area contributed by atoms with Crippen LogP contribution in [0.4, 0.5) is 0 Å². The Kier molecular flexibility index (Phi) is 18.2. The fourth-order valence-corrected chi connectivity index (χ4v) is 3.24. The quantitative estimate of drug-likeness (QED) is 0.211. The first-order valence-electron chi connectivity index (χ1n) is 11.2. The highest BCUT2D eigenvalue weighted by Crippen LogP contribution is 2.14. The standard InChI is InChI=1S/C23H47NO/c1-4-5-6-7-8-9-10-11-12-13-14-15-16-17-18-19-20-22(25)23(24)21(2)3/h11-12,21-23,25H,4-10,13-20,24H2,1-3H3/t22?,23-/m0/s1. The molecule has 0 saturated heterocycles. The molecule has 2 atom stereocenters. The predicted molar refractivity (Wildman–Crippen MR) is 113 cm³/mol. The van der Waals surface area contributed by atoms with E-state index < -0.39 is 0 Å². The zero-order valence-corrected chi connectivity index (χ0v) is 17.5. The van der Waals surface area contributed by atoms with Gasteiger partial charge in [-0.05, 0) is 38.0 Å². The second-order valence-electron chi connectivity index (χ2n) is 8.12. The van der Waals surface area contributed by atoms with Crippen molar-refractivity contribution in [2.75, 3.05) is 0 Å². The summed E-state index contributed by atoms with van der Waals surface area (Å²) >= 11 is 0. The van der Waals surface area contributed by atoms with E-state index in [0.29, 0.717) is 5.92 Å². The van der Waals surface area contributed by atoms with Crippen LogP contribution < -0.4 is 5.73 Å². The average Bonchev–Trinajstić information content (AvgIpc) is 2.60. The second-order valence-corrected chi connectivity index (χ2v) is 8.12. The molecule has 2 heteroatoms. The van der Waals surface area contributed by atoms with Crippen LogP contribution in [-0.4, -0.2) is 17.3 Å². The van der Waals surface area contributed by atoms with Gasteiger partial charge in [0, 0.05) is 6.04 Å². The second kappa shape index (κ2) is 18.5. The third-order valence-corrected chi connectivity index (χ3v) is 5.23. The van der Waals surface area contributed by atoms with E-state index in [1.807, 2.05) is 0 Å². The van der Waals surface area contributed by atoms with Crippen LogP contribution in [0.2, 0.25) is 0 Å². The molecule has 1 unspecified atom stereocenters. The van der Waals surface area contributed by atoms with Crippen molar-refractivity contribution < 1.29 is 5.11 Å². The van der Waals surface area contributed by atoms with E-state index in [1.165, 1.54) is 83.5 Å². The van der Waals surface area contributed by atoms with Crippen LogP contribution in [0.25, 0.3) is 0 Å². The maximum absolute atomic E-state index is 9.97. The van der Waals surface area contributed by atoms with Crippen LogP contribution in [0.3, 0.4) is 0 Å². The lowest BCUT2D eigenvalue weighted by Gasteiger charge is -2.21. The topological polar surface area (TPSA) is 46.2 Å². The van der Waals surface area contributed by atoms with Gasteiger partial charge in [-0.15, -0.1) is 0 Å². The number of aliphatic hydroxyl groups is 1. The Morgan fingerprint density at radius 1 is 0.720 bits per heavy atom. The van der Waals surface area contributed by atoms with Crippen LogP contribution in [0.5, 0.6) is 0 Å². The minimum absolute atomic E-state index is 0.0665. The number of hydrogen-bond donors (Lipinski definition) is 2. The van der Waals surface area contributed by atoms with E-state index in [9.17, 15) is 5.11 Å². The minimum atomic E-state index is -0.322. The summed E-state index contributed by atoms with van der Waals surface area (Å²) in [6.45, 7) is 6.43. The molecule has 150 valence electrons. The Morgan fingerprint density at radius 2 is 1.16 bits per heavy atom. The zero-order chi connectivity index (χ0) is 18.8. The highest BCUT2D eigenvalue weighted by Gasteiger charge is 2.17. The lowest BCUT2D eigenvalue weighted by molar-refractivity contribution is 0.113. The van der Waals surface area contributed by atoms with E-state index in [1.54, 1.807) is 0 Å². The molecule has 0 bridgehead atoms. The van der Waals surface area contributed by atoms with Gasteiger partial charge >= 0.3 is 0 Å². The van der Waals surface area contributed by atoms with Crippen molar-refractivity contribution in [1.29, 1.82) is 0 Å². The first-order chi connectivity index (χ1) is 12.1. The van der Waals surface area contributed by atoms with Crippen molar-refractivity contribution >= 4 is 0 Å². The van der Waals surface area contributed by atoms with Gasteiger partial charge < -0.3 is 10.8 Å². The molecule has 0 aromatic carbocycles. The molecule has 0 spiro atoms. The van der Waals surface area contributed by atoms with Crippen molar-refractivity contribution in [1.82, 2.24) is 0 Å². The maximum Gasteiger partial charge on any atom is 0.0693 e. The highest BCUT2D eigenvalue weighted by molar-refractivity contribution is 4.81. The van der Waals surface area contributed by atoms with E-state index in [-0.39, 0.29) is 12.1 Å². The molecule has 0 aliphatic rings. The molecule has 3 N–H and O–H groups in total. The first-order valence-corrected chi connectivity index (χ1v) is 11.2. The average molecular weight is 354 g/mol. The van der Waals surface area contributed by atoms with Crippen LogP contribution in [-0.2, 0) is 0 Å².